The zero-order valence-electron chi connectivity index (χ0n) is 13.9. The topological polar surface area (TPSA) is 72.5 Å². The van der Waals surface area contributed by atoms with Crippen molar-refractivity contribution in [3.05, 3.63) is 64.7 Å². The SMILES string of the molecule is CC(=O)Nc1ccc(C(=O)COC(=O)c2ccc(C)c(C)c2)cc1. The average molecular weight is 325 g/mol. The minimum atomic E-state index is -0.527. The van der Waals surface area contributed by atoms with E-state index in [1.165, 1.54) is 6.92 Å². The van der Waals surface area contributed by atoms with E-state index in [0.29, 0.717) is 16.8 Å². The van der Waals surface area contributed by atoms with Crippen molar-refractivity contribution in [2.75, 3.05) is 11.9 Å². The molecule has 0 bridgehead atoms. The zero-order valence-corrected chi connectivity index (χ0v) is 13.9. The normalized spacial score (nSPS) is 10.1. The molecular formula is C19H19NO4. The molecule has 1 amide bonds. The Balaban J connectivity index is 1.95. The van der Waals surface area contributed by atoms with Gasteiger partial charge in [-0.3, -0.25) is 9.59 Å². The smallest absolute Gasteiger partial charge is 0.338 e. The maximum absolute atomic E-state index is 12.1. The Hall–Kier alpha value is -2.95. The average Bonchev–Trinajstić information content (AvgIpc) is 2.55. The van der Waals surface area contributed by atoms with Crippen molar-refractivity contribution in [2.24, 2.45) is 0 Å². The van der Waals surface area contributed by atoms with Gasteiger partial charge in [0.15, 0.2) is 12.4 Å². The molecule has 5 nitrogen and oxygen atoms in total. The first-order valence-electron chi connectivity index (χ1n) is 7.52. The molecule has 0 radical (unpaired) electrons. The number of Topliss-reactive ketones (excluding diaryl/α,β-unsaturated/α-hetero) is 1. The third kappa shape index (κ3) is 4.52. The number of anilines is 1. The number of ether oxygens (including phenoxy) is 1. The summed E-state index contributed by atoms with van der Waals surface area (Å²) in [5.41, 5.74) is 3.52. The lowest BCUT2D eigenvalue weighted by Crippen LogP contribution is -2.14. The van der Waals surface area contributed by atoms with Crippen LogP contribution in [0.4, 0.5) is 5.69 Å². The van der Waals surface area contributed by atoms with Gasteiger partial charge in [0, 0.05) is 18.2 Å². The summed E-state index contributed by atoms with van der Waals surface area (Å²) >= 11 is 0. The van der Waals surface area contributed by atoms with Crippen LogP contribution in [0.15, 0.2) is 42.5 Å². The molecule has 0 aliphatic rings. The van der Waals surface area contributed by atoms with Crippen molar-refractivity contribution in [1.29, 1.82) is 0 Å². The van der Waals surface area contributed by atoms with Crippen LogP contribution in [0, 0.1) is 13.8 Å². The first-order chi connectivity index (χ1) is 11.4. The molecule has 0 fully saturated rings. The van der Waals surface area contributed by atoms with Crippen LogP contribution in [0.25, 0.3) is 0 Å². The van der Waals surface area contributed by atoms with Crippen LogP contribution < -0.4 is 5.32 Å². The molecule has 0 aliphatic heterocycles. The van der Waals surface area contributed by atoms with Crippen LogP contribution in [0.1, 0.15) is 38.8 Å². The Bertz CT molecular complexity index is 778. The largest absolute Gasteiger partial charge is 0.454 e. The standard InChI is InChI=1S/C19H19NO4/c1-12-4-5-16(10-13(12)2)19(23)24-11-18(22)15-6-8-17(9-7-15)20-14(3)21/h4-10H,11H2,1-3H3,(H,20,21). The lowest BCUT2D eigenvalue weighted by atomic mass is 10.1. The summed E-state index contributed by atoms with van der Waals surface area (Å²) in [4.78, 5) is 35.0. The van der Waals surface area contributed by atoms with Crippen LogP contribution in [0.3, 0.4) is 0 Å². The van der Waals surface area contributed by atoms with Crippen molar-refractivity contribution in [3.8, 4) is 0 Å². The number of rotatable bonds is 5. The van der Waals surface area contributed by atoms with E-state index in [1.807, 2.05) is 19.9 Å². The number of aryl methyl sites for hydroxylation is 2. The number of hydrogen-bond donors (Lipinski definition) is 1. The van der Waals surface area contributed by atoms with E-state index in [2.05, 4.69) is 5.32 Å². The van der Waals surface area contributed by atoms with Gasteiger partial charge in [0.05, 0.1) is 5.56 Å². The van der Waals surface area contributed by atoms with Crippen molar-refractivity contribution in [2.45, 2.75) is 20.8 Å². The first kappa shape index (κ1) is 17.4. The second-order valence-corrected chi connectivity index (χ2v) is 5.56. The summed E-state index contributed by atoms with van der Waals surface area (Å²) < 4.78 is 5.08. The molecule has 2 rings (SSSR count). The van der Waals surface area contributed by atoms with Gasteiger partial charge in [-0.15, -0.1) is 0 Å². The number of ketones is 1. The van der Waals surface area contributed by atoms with E-state index in [0.717, 1.165) is 11.1 Å². The molecule has 0 spiro atoms. The third-order valence-electron chi connectivity index (χ3n) is 3.60. The Labute approximate surface area is 140 Å². The van der Waals surface area contributed by atoms with E-state index >= 15 is 0 Å². The number of carbonyl (C=O) groups is 3. The van der Waals surface area contributed by atoms with E-state index in [9.17, 15) is 14.4 Å². The van der Waals surface area contributed by atoms with Crippen LogP contribution in [-0.2, 0) is 9.53 Å². The fourth-order valence-electron chi connectivity index (χ4n) is 2.11. The van der Waals surface area contributed by atoms with Gasteiger partial charge in [-0.2, -0.15) is 0 Å². The molecular weight excluding hydrogens is 306 g/mol. The van der Waals surface area contributed by atoms with Crippen LogP contribution in [0.5, 0.6) is 0 Å². The molecule has 0 aliphatic carbocycles. The van der Waals surface area contributed by atoms with Crippen molar-refractivity contribution in [3.63, 3.8) is 0 Å². The monoisotopic (exact) mass is 325 g/mol. The summed E-state index contributed by atoms with van der Waals surface area (Å²) in [6, 6.07) is 11.7. The molecule has 0 aromatic heterocycles. The van der Waals surface area contributed by atoms with E-state index in [4.69, 9.17) is 4.74 Å². The Morgan fingerprint density at radius 3 is 2.12 bits per heavy atom. The Morgan fingerprint density at radius 1 is 0.917 bits per heavy atom. The molecule has 124 valence electrons. The minimum absolute atomic E-state index is 0.184. The predicted molar refractivity (Wildman–Crippen MR) is 91.3 cm³/mol. The number of amides is 1. The second-order valence-electron chi connectivity index (χ2n) is 5.56. The van der Waals surface area contributed by atoms with E-state index in [1.54, 1.807) is 36.4 Å². The summed E-state index contributed by atoms with van der Waals surface area (Å²) in [6.45, 7) is 4.95. The zero-order chi connectivity index (χ0) is 17.7. The van der Waals surface area contributed by atoms with Crippen molar-refractivity contribution < 1.29 is 19.1 Å². The van der Waals surface area contributed by atoms with Crippen molar-refractivity contribution >= 4 is 23.3 Å². The fraction of sp³-hybridized carbons (Fsp3) is 0.211. The van der Waals surface area contributed by atoms with Gasteiger partial charge in [0.1, 0.15) is 0 Å². The first-order valence-corrected chi connectivity index (χ1v) is 7.52. The van der Waals surface area contributed by atoms with Crippen molar-refractivity contribution in [1.82, 2.24) is 0 Å². The van der Waals surface area contributed by atoms with Crippen LogP contribution in [-0.4, -0.2) is 24.3 Å². The van der Waals surface area contributed by atoms with E-state index < -0.39 is 5.97 Å². The lowest BCUT2D eigenvalue weighted by molar-refractivity contribution is -0.114. The van der Waals surface area contributed by atoms with Gasteiger partial charge < -0.3 is 10.1 Å². The molecule has 0 saturated carbocycles. The highest BCUT2D eigenvalue weighted by Crippen LogP contribution is 2.12. The molecule has 24 heavy (non-hydrogen) atoms. The maximum Gasteiger partial charge on any atom is 0.338 e. The maximum atomic E-state index is 12.1. The number of hydrogen-bond acceptors (Lipinski definition) is 4. The van der Waals surface area contributed by atoms with Gasteiger partial charge in [-0.25, -0.2) is 4.79 Å². The summed E-state index contributed by atoms with van der Waals surface area (Å²) in [5, 5.41) is 2.62. The number of esters is 1. The number of nitrogens with one attached hydrogen (secondary N) is 1. The molecule has 0 saturated heterocycles. The predicted octanol–water partition coefficient (Wildman–Crippen LogP) is 3.30. The second kappa shape index (κ2) is 7.55. The Morgan fingerprint density at radius 2 is 1.54 bits per heavy atom. The summed E-state index contributed by atoms with van der Waals surface area (Å²) in [7, 11) is 0. The van der Waals surface area contributed by atoms with Gasteiger partial charge >= 0.3 is 5.97 Å². The van der Waals surface area contributed by atoms with Crippen LogP contribution >= 0.6 is 0 Å². The molecule has 0 atom stereocenters. The number of carbonyl (C=O) groups excluding carboxylic acids is 3. The molecule has 2 aromatic carbocycles. The summed E-state index contributed by atoms with van der Waals surface area (Å²) in [6.07, 6.45) is 0. The number of benzene rings is 2. The van der Waals surface area contributed by atoms with Gasteiger partial charge in [0.2, 0.25) is 5.91 Å². The molecule has 1 N–H and O–H groups in total. The molecule has 0 unspecified atom stereocenters. The van der Waals surface area contributed by atoms with E-state index in [-0.39, 0.29) is 18.3 Å². The quantitative estimate of drug-likeness (QED) is 0.676. The van der Waals surface area contributed by atoms with Gasteiger partial charge in [-0.05, 0) is 61.4 Å². The fourth-order valence-corrected chi connectivity index (χ4v) is 2.11. The lowest BCUT2D eigenvalue weighted by Gasteiger charge is -2.07. The molecule has 5 heteroatoms. The highest BCUT2D eigenvalue weighted by atomic mass is 16.5. The minimum Gasteiger partial charge on any atom is -0.454 e. The van der Waals surface area contributed by atoms with Crippen LogP contribution in [0.2, 0.25) is 0 Å². The Kier molecular flexibility index (Phi) is 5.47. The van der Waals surface area contributed by atoms with Gasteiger partial charge in [0.25, 0.3) is 0 Å². The highest BCUT2D eigenvalue weighted by molar-refractivity contribution is 6.00. The third-order valence-corrected chi connectivity index (χ3v) is 3.60. The summed E-state index contributed by atoms with van der Waals surface area (Å²) in [5.74, 6) is -1.01. The molecule has 2 aromatic rings. The van der Waals surface area contributed by atoms with Gasteiger partial charge in [-0.1, -0.05) is 6.07 Å². The highest BCUT2D eigenvalue weighted by Gasteiger charge is 2.12. The molecule has 0 heterocycles.